The molecule has 0 amide bonds. The van der Waals surface area contributed by atoms with Crippen molar-refractivity contribution in [2.24, 2.45) is 0 Å². The van der Waals surface area contributed by atoms with Crippen LogP contribution in [0.4, 0.5) is 0 Å². The van der Waals surface area contributed by atoms with Gasteiger partial charge < -0.3 is 4.42 Å². The summed E-state index contributed by atoms with van der Waals surface area (Å²) in [6.45, 7) is 3.95. The molecule has 0 atom stereocenters. The molecule has 0 fully saturated rings. The summed E-state index contributed by atoms with van der Waals surface area (Å²) in [7, 11) is 0. The van der Waals surface area contributed by atoms with Gasteiger partial charge >= 0.3 is 0 Å². The van der Waals surface area contributed by atoms with Gasteiger partial charge in [0, 0.05) is 16.7 Å². The van der Waals surface area contributed by atoms with Crippen molar-refractivity contribution in [3.63, 3.8) is 0 Å². The summed E-state index contributed by atoms with van der Waals surface area (Å²) in [6, 6.07) is 7.06. The number of carbonyl (C=O) groups excluding carboxylic acids is 2. The van der Waals surface area contributed by atoms with E-state index in [-0.39, 0.29) is 5.92 Å². The first-order valence-corrected chi connectivity index (χ1v) is 5.91. The van der Waals surface area contributed by atoms with Gasteiger partial charge in [-0.15, -0.1) is 0 Å². The third-order valence-corrected chi connectivity index (χ3v) is 3.29. The third-order valence-electron chi connectivity index (χ3n) is 3.29. The van der Waals surface area contributed by atoms with Crippen LogP contribution in [0.25, 0.3) is 11.3 Å². The van der Waals surface area contributed by atoms with Gasteiger partial charge in [0.2, 0.25) is 11.6 Å². The van der Waals surface area contributed by atoms with Gasteiger partial charge in [0.05, 0.1) is 11.8 Å². The fourth-order valence-corrected chi connectivity index (χ4v) is 2.34. The minimum absolute atomic E-state index is 0.152. The predicted molar refractivity (Wildman–Crippen MR) is 66.9 cm³/mol. The smallest absolute Gasteiger partial charge is 0.237 e. The van der Waals surface area contributed by atoms with E-state index in [1.807, 2.05) is 26.0 Å². The molecule has 0 bridgehead atoms. The summed E-state index contributed by atoms with van der Waals surface area (Å²) >= 11 is 0. The maximum atomic E-state index is 12.2. The van der Waals surface area contributed by atoms with Crippen molar-refractivity contribution in [1.29, 1.82) is 0 Å². The molecule has 0 unspecified atom stereocenters. The minimum atomic E-state index is -0.457. The van der Waals surface area contributed by atoms with E-state index < -0.39 is 11.6 Å². The second-order valence-electron chi connectivity index (χ2n) is 4.75. The van der Waals surface area contributed by atoms with Crippen molar-refractivity contribution in [2.75, 3.05) is 0 Å². The first-order chi connectivity index (χ1) is 8.61. The molecular weight excluding hydrogens is 228 g/mol. The molecule has 1 aliphatic rings. The minimum Gasteiger partial charge on any atom is -0.463 e. The lowest BCUT2D eigenvalue weighted by atomic mass is 9.85. The highest BCUT2D eigenvalue weighted by atomic mass is 16.3. The van der Waals surface area contributed by atoms with Gasteiger partial charge in [-0.05, 0) is 5.92 Å². The Labute approximate surface area is 104 Å². The van der Waals surface area contributed by atoms with Crippen molar-refractivity contribution >= 4 is 11.6 Å². The predicted octanol–water partition coefficient (Wildman–Crippen LogP) is 3.45. The number of furan rings is 1. The standard InChI is InChI=1S/C15H12O3/c1-8(2)11-7-18-15-10-6-4-3-5-9(10)13(16)14(17)12(11)15/h3-8H,1-2H3. The molecule has 1 heterocycles. The molecule has 18 heavy (non-hydrogen) atoms. The molecule has 1 aromatic carbocycles. The van der Waals surface area contributed by atoms with Gasteiger partial charge in [-0.3, -0.25) is 9.59 Å². The van der Waals surface area contributed by atoms with Crippen molar-refractivity contribution in [3.8, 4) is 11.3 Å². The molecule has 0 saturated carbocycles. The number of ketones is 2. The Bertz CT molecular complexity index is 662. The van der Waals surface area contributed by atoms with Crippen molar-refractivity contribution in [1.82, 2.24) is 0 Å². The fourth-order valence-electron chi connectivity index (χ4n) is 2.34. The van der Waals surface area contributed by atoms with Crippen LogP contribution in [-0.4, -0.2) is 11.6 Å². The number of carbonyl (C=O) groups is 2. The second kappa shape index (κ2) is 3.67. The van der Waals surface area contributed by atoms with E-state index in [4.69, 9.17) is 4.42 Å². The van der Waals surface area contributed by atoms with Crippen LogP contribution in [0.15, 0.2) is 34.9 Å². The Hall–Kier alpha value is -2.16. The van der Waals surface area contributed by atoms with Crippen LogP contribution in [0.1, 0.15) is 46.0 Å². The number of rotatable bonds is 1. The summed E-state index contributed by atoms with van der Waals surface area (Å²) in [4.78, 5) is 24.2. The number of hydrogen-bond acceptors (Lipinski definition) is 3. The first kappa shape index (κ1) is 11.0. The monoisotopic (exact) mass is 240 g/mol. The van der Waals surface area contributed by atoms with Crippen LogP contribution in [0.2, 0.25) is 0 Å². The van der Waals surface area contributed by atoms with Gasteiger partial charge in [0.15, 0.2) is 0 Å². The van der Waals surface area contributed by atoms with E-state index in [0.717, 1.165) is 5.56 Å². The molecule has 0 aliphatic heterocycles. The Kier molecular flexibility index (Phi) is 2.23. The molecule has 1 aromatic heterocycles. The lowest BCUT2D eigenvalue weighted by molar-refractivity contribution is 0.0814. The van der Waals surface area contributed by atoms with E-state index >= 15 is 0 Å². The van der Waals surface area contributed by atoms with Crippen molar-refractivity contribution in [3.05, 3.63) is 47.2 Å². The molecule has 3 heteroatoms. The Morgan fingerprint density at radius 1 is 1.00 bits per heavy atom. The first-order valence-electron chi connectivity index (χ1n) is 5.91. The fraction of sp³-hybridized carbons (Fsp3) is 0.200. The molecular formula is C15H12O3. The number of Topliss-reactive ketones (excluding diaryl/α,β-unsaturated/α-hetero) is 2. The maximum Gasteiger partial charge on any atom is 0.237 e. The van der Waals surface area contributed by atoms with Gasteiger partial charge in [-0.1, -0.05) is 38.1 Å². The second-order valence-corrected chi connectivity index (χ2v) is 4.75. The van der Waals surface area contributed by atoms with E-state index in [9.17, 15) is 9.59 Å². The Balaban J connectivity index is 2.35. The largest absolute Gasteiger partial charge is 0.463 e. The number of benzene rings is 1. The van der Waals surface area contributed by atoms with Crippen LogP contribution in [0.5, 0.6) is 0 Å². The lowest BCUT2D eigenvalue weighted by Gasteiger charge is -2.14. The normalized spacial score (nSPS) is 13.7. The number of fused-ring (bicyclic) bond motifs is 3. The Morgan fingerprint density at radius 2 is 1.67 bits per heavy atom. The van der Waals surface area contributed by atoms with E-state index in [2.05, 4.69) is 0 Å². The van der Waals surface area contributed by atoms with Crippen molar-refractivity contribution < 1.29 is 14.0 Å². The summed E-state index contributed by atoms with van der Waals surface area (Å²) in [6.07, 6.45) is 1.59. The molecule has 0 radical (unpaired) electrons. The molecule has 0 spiro atoms. The molecule has 3 rings (SSSR count). The van der Waals surface area contributed by atoms with Crippen LogP contribution < -0.4 is 0 Å². The van der Waals surface area contributed by atoms with Crippen molar-refractivity contribution in [2.45, 2.75) is 19.8 Å². The summed E-state index contributed by atoms with van der Waals surface area (Å²) < 4.78 is 5.52. The molecule has 1 aliphatic carbocycles. The van der Waals surface area contributed by atoms with Crippen LogP contribution in [-0.2, 0) is 0 Å². The number of hydrogen-bond donors (Lipinski definition) is 0. The zero-order valence-electron chi connectivity index (χ0n) is 10.2. The van der Waals surface area contributed by atoms with Gasteiger partial charge in [0.25, 0.3) is 0 Å². The quantitative estimate of drug-likeness (QED) is 0.717. The topological polar surface area (TPSA) is 47.3 Å². The Morgan fingerprint density at radius 3 is 2.33 bits per heavy atom. The maximum absolute atomic E-state index is 12.2. The molecule has 0 saturated heterocycles. The van der Waals surface area contributed by atoms with Crippen LogP contribution in [0, 0.1) is 0 Å². The molecule has 2 aromatic rings. The third kappa shape index (κ3) is 1.30. The molecule has 3 nitrogen and oxygen atoms in total. The average Bonchev–Trinajstić information content (AvgIpc) is 2.81. The highest BCUT2D eigenvalue weighted by molar-refractivity contribution is 6.53. The zero-order valence-corrected chi connectivity index (χ0v) is 10.2. The highest BCUT2D eigenvalue weighted by Crippen LogP contribution is 2.38. The summed E-state index contributed by atoms with van der Waals surface area (Å²) in [5, 5.41) is 0. The summed E-state index contributed by atoms with van der Waals surface area (Å²) in [5.74, 6) is -0.221. The van der Waals surface area contributed by atoms with Gasteiger partial charge in [-0.25, -0.2) is 0 Å². The summed E-state index contributed by atoms with van der Waals surface area (Å²) in [5.41, 5.74) is 2.38. The highest BCUT2D eigenvalue weighted by Gasteiger charge is 2.35. The average molecular weight is 240 g/mol. The van der Waals surface area contributed by atoms with Crippen LogP contribution in [0.3, 0.4) is 0 Å². The zero-order chi connectivity index (χ0) is 12.9. The van der Waals surface area contributed by atoms with Gasteiger partial charge in [0.1, 0.15) is 5.76 Å². The van der Waals surface area contributed by atoms with Gasteiger partial charge in [-0.2, -0.15) is 0 Å². The SMILES string of the molecule is CC(C)c1coc2c1C(=O)C(=O)c1ccccc1-2. The lowest BCUT2D eigenvalue weighted by Crippen LogP contribution is -2.21. The van der Waals surface area contributed by atoms with E-state index in [0.29, 0.717) is 22.5 Å². The van der Waals surface area contributed by atoms with Crippen LogP contribution >= 0.6 is 0 Å². The van der Waals surface area contributed by atoms with E-state index in [1.54, 1.807) is 18.4 Å². The molecule has 90 valence electrons. The molecule has 0 N–H and O–H groups in total. The van der Waals surface area contributed by atoms with E-state index in [1.165, 1.54) is 0 Å².